The van der Waals surface area contributed by atoms with E-state index < -0.39 is 16.1 Å². The Kier molecular flexibility index (Phi) is 8.02. The molecule has 0 fully saturated rings. The van der Waals surface area contributed by atoms with Gasteiger partial charge in [-0.2, -0.15) is 0 Å². The first-order chi connectivity index (χ1) is 18.3. The van der Waals surface area contributed by atoms with Crippen LogP contribution in [0.15, 0.2) is 55.6 Å². The number of fused-ring (bicyclic) bond motifs is 1. The van der Waals surface area contributed by atoms with E-state index in [4.69, 9.17) is 21.2 Å². The Balaban J connectivity index is 1.91. The molecule has 1 aromatic carbocycles. The molecule has 0 amide bonds. The predicted octanol–water partition coefficient (Wildman–Crippen LogP) is 4.99. The first kappa shape index (κ1) is 28.5. The van der Waals surface area contributed by atoms with Crippen LogP contribution in [0.25, 0.3) is 22.3 Å². The Labute approximate surface area is 231 Å². The van der Waals surface area contributed by atoms with Crippen molar-refractivity contribution < 1.29 is 12.8 Å². The molecule has 0 aliphatic rings. The molecule has 0 aliphatic heterocycles. The van der Waals surface area contributed by atoms with Gasteiger partial charge in [0.15, 0.2) is 10.5 Å². The molecule has 9 nitrogen and oxygen atoms in total. The van der Waals surface area contributed by atoms with Crippen LogP contribution in [0, 0.1) is 13.8 Å². The summed E-state index contributed by atoms with van der Waals surface area (Å²) in [5.74, 6) is 0.311. The molecular weight excluding hydrogens is 540 g/mol. The van der Waals surface area contributed by atoms with E-state index in [0.717, 1.165) is 18.4 Å². The van der Waals surface area contributed by atoms with E-state index in [1.54, 1.807) is 38.4 Å². The van der Waals surface area contributed by atoms with E-state index >= 15 is 0 Å². The number of benzene rings is 1. The average Bonchev–Trinajstić information content (AvgIpc) is 2.85. The summed E-state index contributed by atoms with van der Waals surface area (Å²) < 4.78 is 32.7. The minimum Gasteiger partial charge on any atom is -0.455 e. The van der Waals surface area contributed by atoms with Gasteiger partial charge in [0.25, 0.3) is 15.6 Å². The molecule has 0 aliphatic carbocycles. The second-order valence-electron chi connectivity index (χ2n) is 9.83. The maximum atomic E-state index is 13.2. The van der Waals surface area contributed by atoms with Crippen LogP contribution in [0.5, 0.6) is 0 Å². The van der Waals surface area contributed by atoms with Crippen molar-refractivity contribution in [2.75, 3.05) is 5.32 Å². The highest BCUT2D eigenvalue weighted by Crippen LogP contribution is 2.34. The van der Waals surface area contributed by atoms with E-state index in [-0.39, 0.29) is 26.9 Å². The number of aromatic nitrogens is 2. The first-order valence-electron chi connectivity index (χ1n) is 12.5. The third-order valence-electron chi connectivity index (χ3n) is 6.58. The highest BCUT2D eigenvalue weighted by molar-refractivity contribution is 7.89. The summed E-state index contributed by atoms with van der Waals surface area (Å²) in [7, 11) is -2.57. The zero-order chi connectivity index (χ0) is 28.6. The lowest BCUT2D eigenvalue weighted by atomic mass is 10.00. The lowest BCUT2D eigenvalue weighted by Gasteiger charge is -2.22. The lowest BCUT2D eigenvalue weighted by Crippen LogP contribution is -2.20. The molecule has 0 saturated carbocycles. The smallest absolute Gasteiger partial charge is 0.257 e. The minimum absolute atomic E-state index is 0.0347. The molecule has 4 rings (SSSR count). The summed E-state index contributed by atoms with van der Waals surface area (Å²) in [5.41, 5.74) is 3.48. The number of unbranched alkanes of at least 4 members (excludes halogenated alkanes) is 1. The van der Waals surface area contributed by atoms with Crippen molar-refractivity contribution in [1.82, 2.24) is 9.55 Å². The molecule has 0 radical (unpaired) electrons. The molecule has 0 bridgehead atoms. The molecule has 11 heteroatoms. The van der Waals surface area contributed by atoms with Gasteiger partial charge in [0.05, 0.1) is 17.1 Å². The summed E-state index contributed by atoms with van der Waals surface area (Å²) in [6.45, 7) is 7.43. The summed E-state index contributed by atoms with van der Waals surface area (Å²) in [6, 6.07) is 7.84. The van der Waals surface area contributed by atoms with Gasteiger partial charge < -0.3 is 14.3 Å². The number of sulfonamides is 1. The van der Waals surface area contributed by atoms with Gasteiger partial charge in [0.1, 0.15) is 16.5 Å². The van der Waals surface area contributed by atoms with Crippen molar-refractivity contribution in [2.24, 2.45) is 12.2 Å². The van der Waals surface area contributed by atoms with Crippen LogP contribution >= 0.6 is 11.6 Å². The Bertz CT molecular complexity index is 1790. The van der Waals surface area contributed by atoms with Crippen molar-refractivity contribution in [2.45, 2.75) is 58.0 Å². The Morgan fingerprint density at radius 2 is 1.87 bits per heavy atom. The van der Waals surface area contributed by atoms with Gasteiger partial charge in [-0.25, -0.2) is 18.5 Å². The fourth-order valence-electron chi connectivity index (χ4n) is 4.67. The number of nitrogens with two attached hydrogens (primary N) is 1. The number of halogens is 1. The normalized spacial score (nSPS) is 12.6. The van der Waals surface area contributed by atoms with Crippen LogP contribution in [0.2, 0.25) is 5.15 Å². The Hall–Kier alpha value is -3.47. The lowest BCUT2D eigenvalue weighted by molar-refractivity contribution is 0.593. The number of hydrogen-bond acceptors (Lipinski definition) is 7. The third-order valence-corrected chi connectivity index (χ3v) is 7.61. The molecule has 1 atom stereocenters. The quantitative estimate of drug-likeness (QED) is 0.285. The van der Waals surface area contributed by atoms with E-state index in [1.807, 2.05) is 26.8 Å². The van der Waals surface area contributed by atoms with Gasteiger partial charge in [-0.05, 0) is 62.9 Å². The number of pyridine rings is 2. The number of hydrogen-bond donors (Lipinski definition) is 2. The van der Waals surface area contributed by atoms with E-state index in [2.05, 4.69) is 10.3 Å². The van der Waals surface area contributed by atoms with Crippen LogP contribution in [0.3, 0.4) is 0 Å². The number of nitrogens with zero attached hydrogens (tertiary/aromatic N) is 2. The van der Waals surface area contributed by atoms with Crippen molar-refractivity contribution in [1.29, 1.82) is 0 Å². The zero-order valence-electron chi connectivity index (χ0n) is 22.5. The number of primary sulfonamides is 1. The molecule has 0 unspecified atom stereocenters. The molecule has 3 aromatic heterocycles. The molecular formula is C28H31ClN4O5S. The molecule has 0 saturated heterocycles. The summed E-state index contributed by atoms with van der Waals surface area (Å²) in [6.07, 6.45) is 3.88. The van der Waals surface area contributed by atoms with Gasteiger partial charge in [-0.1, -0.05) is 31.0 Å². The SMILES string of the molecule is CCCCc1cc(Cl)nc(S(N)(=O)=O)c1N[C@H](C)c1cc(C)cc2c(=O)cc(-c3cc(C)c(=O)n(C)c3)oc12. The molecule has 39 heavy (non-hydrogen) atoms. The second kappa shape index (κ2) is 11.0. The summed E-state index contributed by atoms with van der Waals surface area (Å²) in [4.78, 5) is 29.4. The summed E-state index contributed by atoms with van der Waals surface area (Å²) in [5, 5.41) is 8.87. The first-order valence-corrected chi connectivity index (χ1v) is 14.5. The largest absolute Gasteiger partial charge is 0.455 e. The fourth-order valence-corrected chi connectivity index (χ4v) is 5.63. The number of rotatable bonds is 8. The monoisotopic (exact) mass is 570 g/mol. The molecule has 206 valence electrons. The minimum atomic E-state index is -4.20. The second-order valence-corrected chi connectivity index (χ2v) is 11.7. The number of aryl methyl sites for hydroxylation is 4. The van der Waals surface area contributed by atoms with E-state index in [1.165, 1.54) is 10.6 Å². The van der Waals surface area contributed by atoms with Crippen molar-refractivity contribution in [3.8, 4) is 11.3 Å². The highest BCUT2D eigenvalue weighted by Gasteiger charge is 2.24. The maximum absolute atomic E-state index is 13.2. The Morgan fingerprint density at radius 1 is 1.15 bits per heavy atom. The Morgan fingerprint density at radius 3 is 2.51 bits per heavy atom. The van der Waals surface area contributed by atoms with Gasteiger partial charge in [-0.15, -0.1) is 0 Å². The van der Waals surface area contributed by atoms with Crippen molar-refractivity contribution in [3.05, 3.63) is 84.5 Å². The van der Waals surface area contributed by atoms with Crippen molar-refractivity contribution >= 4 is 38.3 Å². The van der Waals surface area contributed by atoms with E-state index in [9.17, 15) is 18.0 Å². The molecule has 0 spiro atoms. The number of nitrogens with one attached hydrogen (secondary N) is 1. The molecule has 3 heterocycles. The molecule has 3 N–H and O–H groups in total. The van der Waals surface area contributed by atoms with Gasteiger partial charge in [-0.3, -0.25) is 9.59 Å². The van der Waals surface area contributed by atoms with Crippen LogP contribution in [0.4, 0.5) is 5.69 Å². The van der Waals surface area contributed by atoms with Gasteiger partial charge in [0.2, 0.25) is 0 Å². The van der Waals surface area contributed by atoms with Crippen LogP contribution in [0.1, 0.15) is 55.0 Å². The predicted molar refractivity (Wildman–Crippen MR) is 154 cm³/mol. The van der Waals surface area contributed by atoms with Gasteiger partial charge >= 0.3 is 0 Å². The van der Waals surface area contributed by atoms with Crippen molar-refractivity contribution in [3.63, 3.8) is 0 Å². The number of anilines is 1. The van der Waals surface area contributed by atoms with E-state index in [0.29, 0.717) is 45.4 Å². The third kappa shape index (κ3) is 5.93. The average molecular weight is 571 g/mol. The van der Waals surface area contributed by atoms with Crippen LogP contribution in [-0.2, 0) is 23.5 Å². The highest BCUT2D eigenvalue weighted by atomic mass is 35.5. The standard InChI is InChI=1S/C28H31ClN4O5S/c1-6-7-8-18-12-24(29)32-27(39(30,36)37)25(18)31-17(4)20-9-15(2)10-21-22(34)13-23(38-26(20)21)19-11-16(3)28(35)33(5)14-19/h9-14,17,31H,6-8H2,1-5H3,(H2,30,36,37)/t17-/m1/s1. The fraction of sp³-hybridized carbons (Fsp3) is 0.321. The summed E-state index contributed by atoms with van der Waals surface area (Å²) >= 11 is 6.15. The molecule has 4 aromatic rings. The van der Waals surface area contributed by atoms with Crippen LogP contribution in [-0.4, -0.2) is 18.0 Å². The maximum Gasteiger partial charge on any atom is 0.257 e. The zero-order valence-corrected chi connectivity index (χ0v) is 24.0. The van der Waals surface area contributed by atoms with Gasteiger partial charge in [0, 0.05) is 36.0 Å². The van der Waals surface area contributed by atoms with Crippen LogP contribution < -0.4 is 21.4 Å². The topological polar surface area (TPSA) is 137 Å².